The van der Waals surface area contributed by atoms with Crippen molar-refractivity contribution < 1.29 is 14.1 Å². The third kappa shape index (κ3) is 5.01. The zero-order valence-corrected chi connectivity index (χ0v) is 15.2. The average molecular weight is 420 g/mol. The number of aromatic nitrogens is 2. The maximum Gasteiger partial charge on any atom is 0.331 e. The van der Waals surface area contributed by atoms with E-state index in [9.17, 15) is 4.79 Å². The van der Waals surface area contributed by atoms with Crippen molar-refractivity contribution in [3.05, 3.63) is 75.6 Å². The predicted octanol–water partition coefficient (Wildman–Crippen LogP) is 4.91. The number of nitrogens with zero attached hydrogens (tertiary/aromatic N) is 2. The molecule has 0 atom stereocenters. The molecule has 25 heavy (non-hydrogen) atoms. The Morgan fingerprint density at radius 3 is 2.60 bits per heavy atom. The monoisotopic (exact) mass is 418 g/mol. The summed E-state index contributed by atoms with van der Waals surface area (Å²) in [7, 11) is 0. The number of carbonyl (C=O) groups is 1. The van der Waals surface area contributed by atoms with Gasteiger partial charge in [-0.25, -0.2) is 4.79 Å². The number of hydrogen-bond donors (Lipinski definition) is 0. The second-order valence-corrected chi connectivity index (χ2v) is 6.36. The van der Waals surface area contributed by atoms with Crippen LogP contribution < -0.4 is 0 Å². The maximum atomic E-state index is 11.7. The first kappa shape index (κ1) is 17.4. The van der Waals surface area contributed by atoms with E-state index in [1.54, 1.807) is 30.3 Å². The summed E-state index contributed by atoms with van der Waals surface area (Å²) >= 11 is 9.17. The van der Waals surface area contributed by atoms with Crippen LogP contribution in [0.5, 0.6) is 0 Å². The molecule has 1 aromatic heterocycles. The van der Waals surface area contributed by atoms with Crippen LogP contribution in [0.25, 0.3) is 17.5 Å². The summed E-state index contributed by atoms with van der Waals surface area (Å²) in [4.78, 5) is 15.9. The summed E-state index contributed by atoms with van der Waals surface area (Å²) in [6, 6.07) is 14.6. The van der Waals surface area contributed by atoms with E-state index < -0.39 is 5.97 Å². The van der Waals surface area contributed by atoms with E-state index in [4.69, 9.17) is 20.9 Å². The molecule has 2 aromatic carbocycles. The molecule has 0 spiro atoms. The number of carbonyl (C=O) groups excluding carboxylic acids is 1. The fraction of sp³-hybridized carbons (Fsp3) is 0.0556. The van der Waals surface area contributed by atoms with E-state index in [0.29, 0.717) is 10.8 Å². The van der Waals surface area contributed by atoms with Gasteiger partial charge >= 0.3 is 5.97 Å². The Hall–Kier alpha value is -2.44. The van der Waals surface area contributed by atoms with Crippen molar-refractivity contribution in [3.63, 3.8) is 0 Å². The molecule has 5 nitrogen and oxygen atoms in total. The van der Waals surface area contributed by atoms with Gasteiger partial charge in [0, 0.05) is 21.1 Å². The molecule has 0 aliphatic rings. The van der Waals surface area contributed by atoms with Crippen molar-refractivity contribution in [3.8, 4) is 11.4 Å². The highest BCUT2D eigenvalue weighted by molar-refractivity contribution is 9.10. The summed E-state index contributed by atoms with van der Waals surface area (Å²) in [5.41, 5.74) is 1.66. The van der Waals surface area contributed by atoms with Gasteiger partial charge in [-0.3, -0.25) is 0 Å². The first-order chi connectivity index (χ1) is 12.1. The lowest BCUT2D eigenvalue weighted by molar-refractivity contribution is -0.139. The smallest absolute Gasteiger partial charge is 0.331 e. The highest BCUT2D eigenvalue weighted by Crippen LogP contribution is 2.19. The molecule has 1 heterocycles. The molecule has 0 saturated heterocycles. The number of esters is 1. The molecule has 3 rings (SSSR count). The third-order valence-electron chi connectivity index (χ3n) is 3.19. The molecule has 0 saturated carbocycles. The molecule has 7 heteroatoms. The van der Waals surface area contributed by atoms with Gasteiger partial charge in [0.25, 0.3) is 5.89 Å². The van der Waals surface area contributed by atoms with Crippen LogP contribution >= 0.6 is 27.5 Å². The van der Waals surface area contributed by atoms with Gasteiger partial charge < -0.3 is 9.26 Å². The largest absolute Gasteiger partial charge is 0.452 e. The van der Waals surface area contributed by atoms with Crippen LogP contribution in [0.1, 0.15) is 11.5 Å². The van der Waals surface area contributed by atoms with Gasteiger partial charge in [0.05, 0.1) is 0 Å². The lowest BCUT2D eigenvalue weighted by atomic mass is 10.2. The first-order valence-electron chi connectivity index (χ1n) is 7.29. The zero-order valence-electron chi connectivity index (χ0n) is 12.9. The molecule has 0 bridgehead atoms. The number of ether oxygens (including phenoxy) is 1. The summed E-state index contributed by atoms with van der Waals surface area (Å²) in [6.45, 7) is -0.0900. The quantitative estimate of drug-likeness (QED) is 0.434. The predicted molar refractivity (Wildman–Crippen MR) is 97.7 cm³/mol. The summed E-state index contributed by atoms with van der Waals surface area (Å²) in [5, 5.41) is 4.51. The molecule has 0 unspecified atom stereocenters. The molecule has 0 radical (unpaired) electrons. The average Bonchev–Trinajstić information content (AvgIpc) is 3.09. The van der Waals surface area contributed by atoms with E-state index >= 15 is 0 Å². The molecule has 0 amide bonds. The standard InChI is InChI=1S/C18H12BrClN2O3/c19-14-6-4-13(5-7-14)18-21-16(25-22-18)11-24-17(23)10-3-12-1-8-15(20)9-2-12/h1-10H,11H2. The van der Waals surface area contributed by atoms with Crippen LogP contribution in [0.2, 0.25) is 5.02 Å². The highest BCUT2D eigenvalue weighted by Gasteiger charge is 2.10. The lowest BCUT2D eigenvalue weighted by Gasteiger charge is -1.97. The number of benzene rings is 2. The van der Waals surface area contributed by atoms with Crippen molar-refractivity contribution in [1.29, 1.82) is 0 Å². The van der Waals surface area contributed by atoms with Gasteiger partial charge in [-0.2, -0.15) is 4.98 Å². The third-order valence-corrected chi connectivity index (χ3v) is 3.97. The molecular formula is C18H12BrClN2O3. The van der Waals surface area contributed by atoms with E-state index in [0.717, 1.165) is 15.6 Å². The van der Waals surface area contributed by atoms with Crippen molar-refractivity contribution >= 4 is 39.6 Å². The molecule has 0 fully saturated rings. The fourth-order valence-electron chi connectivity index (χ4n) is 1.95. The van der Waals surface area contributed by atoms with Gasteiger partial charge in [0.15, 0.2) is 6.61 Å². The molecular weight excluding hydrogens is 408 g/mol. The minimum absolute atomic E-state index is 0.0900. The van der Waals surface area contributed by atoms with Gasteiger partial charge in [0.1, 0.15) is 0 Å². The van der Waals surface area contributed by atoms with Crippen LogP contribution in [0, 0.1) is 0 Å². The summed E-state index contributed by atoms with van der Waals surface area (Å²) in [5.74, 6) is 0.166. The zero-order chi connectivity index (χ0) is 17.6. The Morgan fingerprint density at radius 1 is 1.16 bits per heavy atom. The SMILES string of the molecule is O=C(C=Cc1ccc(Cl)cc1)OCc1nc(-c2ccc(Br)cc2)no1. The van der Waals surface area contributed by atoms with Crippen LogP contribution in [0.15, 0.2) is 63.6 Å². The molecule has 0 aliphatic heterocycles. The van der Waals surface area contributed by atoms with Crippen LogP contribution in [-0.4, -0.2) is 16.1 Å². The van der Waals surface area contributed by atoms with Crippen LogP contribution in [0.3, 0.4) is 0 Å². The second-order valence-electron chi connectivity index (χ2n) is 5.01. The first-order valence-corrected chi connectivity index (χ1v) is 8.46. The summed E-state index contributed by atoms with van der Waals surface area (Å²) in [6.07, 6.45) is 2.97. The minimum Gasteiger partial charge on any atom is -0.452 e. The summed E-state index contributed by atoms with van der Waals surface area (Å²) < 4.78 is 11.1. The molecule has 0 N–H and O–H groups in total. The Morgan fingerprint density at radius 2 is 1.88 bits per heavy atom. The molecule has 0 aliphatic carbocycles. The van der Waals surface area contributed by atoms with E-state index in [2.05, 4.69) is 26.1 Å². The normalized spacial score (nSPS) is 11.0. The number of hydrogen-bond acceptors (Lipinski definition) is 5. The van der Waals surface area contributed by atoms with Gasteiger partial charge in [0.2, 0.25) is 5.82 Å². The second kappa shape index (κ2) is 8.09. The minimum atomic E-state index is -0.502. The highest BCUT2D eigenvalue weighted by atomic mass is 79.9. The Bertz CT molecular complexity index is 889. The molecule has 3 aromatic rings. The van der Waals surface area contributed by atoms with E-state index in [1.165, 1.54) is 6.08 Å². The van der Waals surface area contributed by atoms with Gasteiger partial charge in [-0.1, -0.05) is 44.8 Å². The Kier molecular flexibility index (Phi) is 5.63. The number of halogens is 2. The maximum absolute atomic E-state index is 11.7. The van der Waals surface area contributed by atoms with Crippen molar-refractivity contribution in [2.24, 2.45) is 0 Å². The van der Waals surface area contributed by atoms with Crippen LogP contribution in [-0.2, 0) is 16.1 Å². The van der Waals surface area contributed by atoms with Crippen molar-refractivity contribution in [1.82, 2.24) is 10.1 Å². The Balaban J connectivity index is 1.55. The van der Waals surface area contributed by atoms with Crippen molar-refractivity contribution in [2.45, 2.75) is 6.61 Å². The lowest BCUT2D eigenvalue weighted by Crippen LogP contribution is -2.00. The van der Waals surface area contributed by atoms with Gasteiger partial charge in [-0.05, 0) is 48.0 Å². The fourth-order valence-corrected chi connectivity index (χ4v) is 2.34. The Labute approximate surface area is 157 Å². The van der Waals surface area contributed by atoms with Crippen molar-refractivity contribution in [2.75, 3.05) is 0 Å². The van der Waals surface area contributed by atoms with Gasteiger partial charge in [-0.15, -0.1) is 0 Å². The topological polar surface area (TPSA) is 65.2 Å². The van der Waals surface area contributed by atoms with E-state index in [-0.39, 0.29) is 12.5 Å². The molecule has 126 valence electrons. The van der Waals surface area contributed by atoms with E-state index in [1.807, 2.05) is 24.3 Å². The van der Waals surface area contributed by atoms with Crippen LogP contribution in [0.4, 0.5) is 0 Å². The number of rotatable bonds is 5.